The first-order valence-electron chi connectivity index (χ1n) is 8.50. The first-order valence-corrected chi connectivity index (χ1v) is 10.8. The largest absolute Gasteiger partial charge is 0.387 e. The quantitative estimate of drug-likeness (QED) is 0.481. The Balaban J connectivity index is 0. The van der Waals surface area contributed by atoms with Gasteiger partial charge in [0, 0.05) is 18.2 Å². The van der Waals surface area contributed by atoms with E-state index in [1.165, 1.54) is 12.1 Å². The Morgan fingerprint density at radius 2 is 1.30 bits per heavy atom. The second-order valence-corrected chi connectivity index (χ2v) is 7.24. The topological polar surface area (TPSA) is 46.2 Å². The van der Waals surface area contributed by atoms with Crippen molar-refractivity contribution in [1.29, 1.82) is 0 Å². The molecule has 0 aliphatic heterocycles. The molecule has 1 N–H and O–H groups in total. The minimum absolute atomic E-state index is 0. The van der Waals surface area contributed by atoms with Crippen LogP contribution in [0.2, 0.25) is 0 Å². The van der Waals surface area contributed by atoms with Crippen molar-refractivity contribution in [2.45, 2.75) is 32.6 Å². The summed E-state index contributed by atoms with van der Waals surface area (Å²) in [6, 6.07) is 12.5. The second-order valence-electron chi connectivity index (χ2n) is 4.78. The molecule has 152 valence electrons. The molecule has 0 radical (unpaired) electrons. The number of rotatable bonds is 4. The van der Waals surface area contributed by atoms with Gasteiger partial charge in [-0.15, -0.1) is 25.0 Å². The Kier molecular flexibility index (Phi) is 14.0. The number of nitrogens with one attached hydrogen (secondary N) is 1. The van der Waals surface area contributed by atoms with Crippen LogP contribution < -0.4 is 5.32 Å². The molecule has 0 bridgehead atoms. The van der Waals surface area contributed by atoms with Crippen LogP contribution in [0.15, 0.2) is 53.4 Å². The molecule has 0 aliphatic carbocycles. The fourth-order valence-electron chi connectivity index (χ4n) is 2.02. The van der Waals surface area contributed by atoms with Crippen LogP contribution in [0.25, 0.3) is 10.6 Å². The average Bonchev–Trinajstić information content (AvgIpc) is 2.66. The second kappa shape index (κ2) is 13.6. The first-order chi connectivity index (χ1) is 12.3. The van der Waals surface area contributed by atoms with Gasteiger partial charge in [-0.05, 0) is 47.5 Å². The molecule has 0 unspecified atom stereocenters. The van der Waals surface area contributed by atoms with Gasteiger partial charge in [-0.3, -0.25) is 0 Å². The molecule has 7 heteroatoms. The van der Waals surface area contributed by atoms with Crippen LogP contribution in [-0.4, -0.2) is 21.7 Å². The number of hydrogen-bond acceptors (Lipinski definition) is 4. The van der Waals surface area contributed by atoms with Gasteiger partial charge in [-0.1, -0.05) is 39.8 Å². The third-order valence-electron chi connectivity index (χ3n) is 3.18. The number of benzene rings is 2. The minimum Gasteiger partial charge on any atom is -0.387 e. The van der Waals surface area contributed by atoms with E-state index in [1.807, 2.05) is 27.7 Å². The third-order valence-corrected chi connectivity index (χ3v) is 4.79. The zero-order chi connectivity index (χ0) is 20.3. The van der Waals surface area contributed by atoms with Gasteiger partial charge < -0.3 is 5.32 Å². The van der Waals surface area contributed by atoms with Gasteiger partial charge in [0.05, 0.1) is 10.6 Å². The van der Waals surface area contributed by atoms with E-state index >= 15 is 0 Å². The molecule has 0 aliphatic rings. The summed E-state index contributed by atoms with van der Waals surface area (Å²) in [4.78, 5) is 0.902. The molecule has 2 aromatic carbocycles. The molecule has 2 rings (SSSR count). The van der Waals surface area contributed by atoms with Crippen LogP contribution in [0.3, 0.4) is 0 Å². The maximum atomic E-state index is 13.0. The van der Waals surface area contributed by atoms with Crippen molar-refractivity contribution < 1.29 is 12.8 Å². The molecule has 0 saturated heterocycles. The van der Waals surface area contributed by atoms with Crippen molar-refractivity contribution >= 4 is 45.5 Å². The molecule has 3 nitrogen and oxygen atoms in total. The zero-order valence-electron chi connectivity index (χ0n) is 16.6. The molecule has 0 fully saturated rings. The Morgan fingerprint density at radius 3 is 1.67 bits per heavy atom. The van der Waals surface area contributed by atoms with Crippen molar-refractivity contribution in [3.63, 3.8) is 0 Å². The van der Waals surface area contributed by atoms with Crippen LogP contribution in [0.5, 0.6) is 0 Å². The molecule has 0 spiro atoms. The number of thiol groups is 1. The molecule has 0 saturated carbocycles. The number of hydrogen-bond donors (Lipinski definition) is 2. The van der Waals surface area contributed by atoms with E-state index in [1.54, 1.807) is 43.4 Å². The summed E-state index contributed by atoms with van der Waals surface area (Å²) >= 11 is 4.51. The Labute approximate surface area is 174 Å². The van der Waals surface area contributed by atoms with Crippen LogP contribution in [0, 0.1) is 5.82 Å². The van der Waals surface area contributed by atoms with Gasteiger partial charge in [0.15, 0.2) is 9.84 Å². The molecule has 0 heterocycles. The van der Waals surface area contributed by atoms with E-state index in [2.05, 4.69) is 17.9 Å². The summed E-state index contributed by atoms with van der Waals surface area (Å²) in [5.41, 5.74) is 2.29. The lowest BCUT2D eigenvalue weighted by Crippen LogP contribution is -2.06. The molecule has 0 amide bonds. The predicted octanol–water partition coefficient (Wildman–Crippen LogP) is 5.68. The maximum absolute atomic E-state index is 13.0. The number of sulfone groups is 1. The van der Waals surface area contributed by atoms with Crippen molar-refractivity contribution in [1.82, 2.24) is 5.32 Å². The van der Waals surface area contributed by atoms with Crippen LogP contribution in [0.4, 0.5) is 4.39 Å². The van der Waals surface area contributed by atoms with Crippen molar-refractivity contribution in [2.24, 2.45) is 0 Å². The highest BCUT2D eigenvalue weighted by atomic mass is 35.5. The van der Waals surface area contributed by atoms with Gasteiger partial charge in [-0.2, -0.15) is 0 Å². The van der Waals surface area contributed by atoms with E-state index < -0.39 is 9.84 Å². The SMILES string of the molecule is CC.CC.CN/C(=C(\S)c1ccc(S(C)(=O)=O)cc1)c1ccc(F)cc1.Cl. The van der Waals surface area contributed by atoms with Crippen LogP contribution in [0.1, 0.15) is 38.8 Å². The summed E-state index contributed by atoms with van der Waals surface area (Å²) in [6.45, 7) is 8.00. The van der Waals surface area contributed by atoms with E-state index in [4.69, 9.17) is 0 Å². The molecule has 0 atom stereocenters. The monoisotopic (exact) mass is 433 g/mol. The predicted molar refractivity (Wildman–Crippen MR) is 121 cm³/mol. The zero-order valence-corrected chi connectivity index (χ0v) is 19.1. The Morgan fingerprint density at radius 1 is 0.889 bits per heavy atom. The Hall–Kier alpha value is -1.50. The van der Waals surface area contributed by atoms with Crippen molar-refractivity contribution in [3.8, 4) is 0 Å². The Bertz CT molecular complexity index is 803. The smallest absolute Gasteiger partial charge is 0.175 e. The maximum Gasteiger partial charge on any atom is 0.175 e. The summed E-state index contributed by atoms with van der Waals surface area (Å²) in [7, 11) is -1.48. The fraction of sp³-hybridized carbons (Fsp3) is 0.300. The van der Waals surface area contributed by atoms with Gasteiger partial charge >= 0.3 is 0 Å². The molecule has 27 heavy (non-hydrogen) atoms. The van der Waals surface area contributed by atoms with E-state index in [9.17, 15) is 12.8 Å². The van der Waals surface area contributed by atoms with Gasteiger partial charge in [0.2, 0.25) is 0 Å². The molecular weight excluding hydrogens is 405 g/mol. The lowest BCUT2D eigenvalue weighted by atomic mass is 10.1. The molecular formula is C20H29ClFNO2S2. The summed E-state index contributed by atoms with van der Waals surface area (Å²) in [5.74, 6) is -0.308. The lowest BCUT2D eigenvalue weighted by Gasteiger charge is -2.12. The van der Waals surface area contributed by atoms with Gasteiger partial charge in [-0.25, -0.2) is 12.8 Å². The van der Waals surface area contributed by atoms with Crippen molar-refractivity contribution in [3.05, 3.63) is 65.5 Å². The summed E-state index contributed by atoms with van der Waals surface area (Å²) in [5, 5.41) is 3.04. The average molecular weight is 434 g/mol. The molecule has 0 aromatic heterocycles. The highest BCUT2D eigenvalue weighted by molar-refractivity contribution is 7.91. The highest BCUT2D eigenvalue weighted by Crippen LogP contribution is 2.28. The third kappa shape index (κ3) is 8.37. The normalized spacial score (nSPS) is 10.8. The minimum atomic E-state index is -3.23. The first kappa shape index (κ1) is 27.7. The van der Waals surface area contributed by atoms with Gasteiger partial charge in [0.25, 0.3) is 0 Å². The standard InChI is InChI=1S/C16H16FNO2S2.2C2H6.ClH/c1-18-15(11-3-7-13(17)8-4-11)16(21)12-5-9-14(10-6-12)22(2,19)20;2*1-2;/h3-10,18,21H,1-2H3;2*1-2H3;1H/b16-15-;;;. The van der Waals surface area contributed by atoms with Crippen LogP contribution in [-0.2, 0) is 9.84 Å². The van der Waals surface area contributed by atoms with E-state index in [0.717, 1.165) is 23.1 Å². The summed E-state index contributed by atoms with van der Waals surface area (Å²) < 4.78 is 36.0. The van der Waals surface area contributed by atoms with Crippen LogP contribution >= 0.6 is 25.0 Å². The van der Waals surface area contributed by atoms with Gasteiger partial charge in [0.1, 0.15) is 5.82 Å². The summed E-state index contributed by atoms with van der Waals surface area (Å²) in [6.07, 6.45) is 1.16. The lowest BCUT2D eigenvalue weighted by molar-refractivity contribution is 0.602. The van der Waals surface area contributed by atoms with Crippen molar-refractivity contribution in [2.75, 3.05) is 13.3 Å². The molecule has 2 aromatic rings. The number of halogens is 2. The van der Waals surface area contributed by atoms with E-state index in [0.29, 0.717) is 4.91 Å². The highest BCUT2D eigenvalue weighted by Gasteiger charge is 2.10. The van der Waals surface area contributed by atoms with E-state index in [-0.39, 0.29) is 23.1 Å². The fourth-order valence-corrected chi connectivity index (χ4v) is 3.04.